The molecule has 0 bridgehead atoms. The minimum atomic E-state index is -3.92. The monoisotopic (exact) mass is 270 g/mol. The van der Waals surface area contributed by atoms with E-state index in [4.69, 9.17) is 0 Å². The van der Waals surface area contributed by atoms with Crippen molar-refractivity contribution >= 4 is 0 Å². The van der Waals surface area contributed by atoms with Gasteiger partial charge in [-0.2, -0.15) is 8.78 Å². The molecule has 0 radical (unpaired) electrons. The minimum Gasteiger partial charge on any atom is -0.311 e. The molecule has 6 heteroatoms. The van der Waals surface area contributed by atoms with E-state index in [9.17, 15) is 17.6 Å². The molecule has 1 N–H and O–H groups in total. The lowest BCUT2D eigenvalue weighted by molar-refractivity contribution is -0.149. The van der Waals surface area contributed by atoms with Crippen molar-refractivity contribution < 1.29 is 17.6 Å². The zero-order chi connectivity index (χ0) is 13.9. The predicted octanol–water partition coefficient (Wildman–Crippen LogP) is 2.60. The van der Waals surface area contributed by atoms with E-state index in [1.54, 1.807) is 0 Å². The molecule has 0 saturated carbocycles. The van der Waals surface area contributed by atoms with Crippen molar-refractivity contribution in [1.29, 1.82) is 0 Å². The van der Waals surface area contributed by atoms with E-state index in [1.807, 2.05) is 20.8 Å². The Kier molecular flexibility index (Phi) is 5.40. The van der Waals surface area contributed by atoms with Gasteiger partial charge in [0.1, 0.15) is 0 Å². The number of nitrogens with one attached hydrogen (secondary N) is 1. The first-order valence-corrected chi connectivity index (χ1v) is 6.41. The molecule has 108 valence electrons. The van der Waals surface area contributed by atoms with E-state index in [0.717, 1.165) is 0 Å². The van der Waals surface area contributed by atoms with Crippen LogP contribution < -0.4 is 5.32 Å². The van der Waals surface area contributed by atoms with Crippen LogP contribution in [-0.4, -0.2) is 49.0 Å². The highest BCUT2D eigenvalue weighted by molar-refractivity contribution is 4.89. The summed E-state index contributed by atoms with van der Waals surface area (Å²) in [6, 6.07) is -0.00843. The Hall–Kier alpha value is -0.360. The fraction of sp³-hybridized carbons (Fsp3) is 1.00. The normalized spacial score (nSPS) is 27.2. The standard InChI is InChI=1S/C12H22F4N2/c1-4-9-5-17-10(8(2)3)6-18(9)7-12(15,16)11(13)14/h8-11,17H,4-7H2,1-3H3. The zero-order valence-corrected chi connectivity index (χ0v) is 11.1. The quantitative estimate of drug-likeness (QED) is 0.773. The van der Waals surface area contributed by atoms with Crippen molar-refractivity contribution in [3.05, 3.63) is 0 Å². The van der Waals surface area contributed by atoms with Gasteiger partial charge in [-0.05, 0) is 12.3 Å². The number of hydrogen-bond acceptors (Lipinski definition) is 2. The van der Waals surface area contributed by atoms with Crippen LogP contribution in [0.25, 0.3) is 0 Å². The Morgan fingerprint density at radius 2 is 1.94 bits per heavy atom. The van der Waals surface area contributed by atoms with Gasteiger partial charge in [-0.1, -0.05) is 20.8 Å². The highest BCUT2D eigenvalue weighted by Gasteiger charge is 2.44. The van der Waals surface area contributed by atoms with Crippen LogP contribution >= 0.6 is 0 Å². The van der Waals surface area contributed by atoms with E-state index < -0.39 is 18.9 Å². The van der Waals surface area contributed by atoms with Crippen molar-refractivity contribution in [2.75, 3.05) is 19.6 Å². The lowest BCUT2D eigenvalue weighted by Crippen LogP contribution is -2.60. The van der Waals surface area contributed by atoms with Gasteiger partial charge in [-0.25, -0.2) is 8.78 Å². The lowest BCUT2D eigenvalue weighted by Gasteiger charge is -2.42. The number of nitrogens with zero attached hydrogens (tertiary/aromatic N) is 1. The molecule has 18 heavy (non-hydrogen) atoms. The topological polar surface area (TPSA) is 15.3 Å². The number of rotatable bonds is 5. The predicted molar refractivity (Wildman–Crippen MR) is 63.2 cm³/mol. The molecule has 2 atom stereocenters. The van der Waals surface area contributed by atoms with Crippen LogP contribution in [0.1, 0.15) is 27.2 Å². The van der Waals surface area contributed by atoms with E-state index in [-0.39, 0.29) is 12.1 Å². The zero-order valence-electron chi connectivity index (χ0n) is 11.1. The Balaban J connectivity index is 2.69. The Bertz CT molecular complexity index is 258. The minimum absolute atomic E-state index is 0.0845. The molecule has 1 fully saturated rings. The molecule has 1 aliphatic rings. The van der Waals surface area contributed by atoms with Crippen molar-refractivity contribution in [2.45, 2.75) is 51.6 Å². The molecule has 2 unspecified atom stereocenters. The molecule has 0 aromatic rings. The largest absolute Gasteiger partial charge is 0.319 e. The van der Waals surface area contributed by atoms with Gasteiger partial charge < -0.3 is 5.32 Å². The second-order valence-corrected chi connectivity index (χ2v) is 5.31. The average molecular weight is 270 g/mol. The van der Waals surface area contributed by atoms with Crippen LogP contribution in [0.15, 0.2) is 0 Å². The van der Waals surface area contributed by atoms with Gasteiger partial charge in [0, 0.05) is 25.2 Å². The molecular weight excluding hydrogens is 248 g/mol. The summed E-state index contributed by atoms with van der Waals surface area (Å²) in [7, 11) is 0. The van der Waals surface area contributed by atoms with Gasteiger partial charge in [0.15, 0.2) is 0 Å². The van der Waals surface area contributed by atoms with Crippen LogP contribution in [0.3, 0.4) is 0 Å². The first-order chi connectivity index (χ1) is 8.27. The van der Waals surface area contributed by atoms with Crippen molar-refractivity contribution in [2.24, 2.45) is 5.92 Å². The van der Waals surface area contributed by atoms with Crippen LogP contribution in [0.4, 0.5) is 17.6 Å². The van der Waals surface area contributed by atoms with E-state index in [2.05, 4.69) is 5.32 Å². The fourth-order valence-corrected chi connectivity index (χ4v) is 2.27. The summed E-state index contributed by atoms with van der Waals surface area (Å²) < 4.78 is 50.8. The molecule has 2 nitrogen and oxygen atoms in total. The van der Waals surface area contributed by atoms with E-state index >= 15 is 0 Å². The van der Waals surface area contributed by atoms with Crippen molar-refractivity contribution in [3.63, 3.8) is 0 Å². The Morgan fingerprint density at radius 1 is 1.33 bits per heavy atom. The Labute approximate surface area is 106 Å². The third-order valence-electron chi connectivity index (χ3n) is 3.57. The molecule has 1 heterocycles. The van der Waals surface area contributed by atoms with Gasteiger partial charge in [0.25, 0.3) is 0 Å². The molecule has 1 saturated heterocycles. The van der Waals surface area contributed by atoms with Gasteiger partial charge in [-0.3, -0.25) is 4.90 Å². The van der Waals surface area contributed by atoms with E-state index in [1.165, 1.54) is 4.90 Å². The Morgan fingerprint density at radius 3 is 2.39 bits per heavy atom. The van der Waals surface area contributed by atoms with Crippen LogP contribution in [-0.2, 0) is 0 Å². The van der Waals surface area contributed by atoms with Crippen LogP contribution in [0, 0.1) is 5.92 Å². The molecule has 0 spiro atoms. The number of piperazine rings is 1. The van der Waals surface area contributed by atoms with Crippen LogP contribution in [0.5, 0.6) is 0 Å². The second kappa shape index (κ2) is 6.19. The highest BCUT2D eigenvalue weighted by atomic mass is 19.3. The molecule has 1 aliphatic heterocycles. The summed E-state index contributed by atoms with van der Waals surface area (Å²) >= 11 is 0. The molecule has 0 amide bonds. The molecule has 0 aliphatic carbocycles. The number of alkyl halides is 4. The third kappa shape index (κ3) is 3.82. The van der Waals surface area contributed by atoms with E-state index in [0.29, 0.717) is 25.4 Å². The lowest BCUT2D eigenvalue weighted by atomic mass is 9.98. The summed E-state index contributed by atoms with van der Waals surface area (Å²) in [5, 5.41) is 3.29. The van der Waals surface area contributed by atoms with Crippen molar-refractivity contribution in [1.82, 2.24) is 10.2 Å². The summed E-state index contributed by atoms with van der Waals surface area (Å²) in [5.41, 5.74) is 0. The molecule has 1 rings (SSSR count). The molecule has 0 aromatic carbocycles. The van der Waals surface area contributed by atoms with Gasteiger partial charge in [0.05, 0.1) is 6.54 Å². The maximum Gasteiger partial charge on any atom is 0.319 e. The summed E-state index contributed by atoms with van der Waals surface area (Å²) in [4.78, 5) is 1.51. The average Bonchev–Trinajstić information content (AvgIpc) is 2.28. The summed E-state index contributed by atoms with van der Waals surface area (Å²) in [6.45, 7) is 6.00. The SMILES string of the molecule is CCC1CNC(C(C)C)CN1CC(F)(F)C(F)F. The van der Waals surface area contributed by atoms with Gasteiger partial charge >= 0.3 is 12.3 Å². The maximum atomic E-state index is 13.2. The van der Waals surface area contributed by atoms with Crippen LogP contribution in [0.2, 0.25) is 0 Å². The second-order valence-electron chi connectivity index (χ2n) is 5.31. The third-order valence-corrected chi connectivity index (χ3v) is 3.57. The summed E-state index contributed by atoms with van der Waals surface area (Å²) in [5.74, 6) is -3.63. The maximum absolute atomic E-state index is 13.2. The first-order valence-electron chi connectivity index (χ1n) is 6.41. The van der Waals surface area contributed by atoms with Crippen molar-refractivity contribution in [3.8, 4) is 0 Å². The summed E-state index contributed by atoms with van der Waals surface area (Å²) in [6.07, 6.45) is -2.92. The number of halogens is 4. The van der Waals surface area contributed by atoms with Gasteiger partial charge in [-0.15, -0.1) is 0 Å². The van der Waals surface area contributed by atoms with Gasteiger partial charge in [0.2, 0.25) is 0 Å². The number of hydrogen-bond donors (Lipinski definition) is 1. The highest BCUT2D eigenvalue weighted by Crippen LogP contribution is 2.26. The smallest absolute Gasteiger partial charge is 0.311 e. The molecular formula is C12H22F4N2. The fourth-order valence-electron chi connectivity index (χ4n) is 2.27. The molecule has 0 aromatic heterocycles. The first kappa shape index (κ1) is 15.7.